The SMILES string of the molecule is N#Cc1cc(CCc2c(F)cccc2C2=NCCN2)c2sccc2c1. The van der Waals surface area contributed by atoms with Gasteiger partial charge in [-0.2, -0.15) is 5.26 Å². The number of halogens is 1. The molecule has 1 N–H and O–H groups in total. The molecular formula is C20H16FN3S. The van der Waals surface area contributed by atoms with Gasteiger partial charge in [0.25, 0.3) is 0 Å². The standard InChI is InChI=1S/C20H16FN3S/c21-18-3-1-2-17(20-23-7-8-24-20)16(18)5-4-14-10-13(12-22)11-15-6-9-25-19(14)15/h1-3,6,9-11H,4-5,7-8H2,(H,23,24). The molecule has 1 aliphatic rings. The molecule has 0 radical (unpaired) electrons. The molecule has 0 atom stereocenters. The largest absolute Gasteiger partial charge is 0.368 e. The molecule has 0 bridgehead atoms. The van der Waals surface area contributed by atoms with Gasteiger partial charge in [0.2, 0.25) is 0 Å². The lowest BCUT2D eigenvalue weighted by molar-refractivity contribution is 0.608. The van der Waals surface area contributed by atoms with Crippen LogP contribution in [0.4, 0.5) is 4.39 Å². The van der Waals surface area contributed by atoms with Crippen molar-refractivity contribution >= 4 is 27.3 Å². The molecule has 0 spiro atoms. The molecule has 0 saturated carbocycles. The zero-order valence-corrected chi connectivity index (χ0v) is 14.4. The monoisotopic (exact) mass is 349 g/mol. The van der Waals surface area contributed by atoms with Gasteiger partial charge in [-0.05, 0) is 59.0 Å². The van der Waals surface area contributed by atoms with E-state index < -0.39 is 0 Å². The first-order valence-electron chi connectivity index (χ1n) is 8.22. The second-order valence-corrected chi connectivity index (χ2v) is 6.93. The van der Waals surface area contributed by atoms with Crippen LogP contribution in [0.15, 0.2) is 46.8 Å². The Kier molecular flexibility index (Phi) is 4.21. The predicted molar refractivity (Wildman–Crippen MR) is 99.8 cm³/mol. The van der Waals surface area contributed by atoms with E-state index >= 15 is 0 Å². The van der Waals surface area contributed by atoms with Gasteiger partial charge in [-0.15, -0.1) is 11.3 Å². The minimum atomic E-state index is -0.201. The van der Waals surface area contributed by atoms with Crippen LogP contribution in [0.25, 0.3) is 10.1 Å². The van der Waals surface area contributed by atoms with E-state index in [1.165, 1.54) is 10.8 Å². The van der Waals surface area contributed by atoms with Crippen LogP contribution in [0.2, 0.25) is 0 Å². The number of rotatable bonds is 4. The molecule has 1 aliphatic heterocycles. The molecule has 1 aromatic heterocycles. The topological polar surface area (TPSA) is 48.2 Å². The maximum absolute atomic E-state index is 14.5. The number of amidine groups is 1. The highest BCUT2D eigenvalue weighted by molar-refractivity contribution is 7.17. The lowest BCUT2D eigenvalue weighted by atomic mass is 9.97. The fourth-order valence-electron chi connectivity index (χ4n) is 3.28. The van der Waals surface area contributed by atoms with Gasteiger partial charge >= 0.3 is 0 Å². The van der Waals surface area contributed by atoms with Crippen molar-refractivity contribution in [2.75, 3.05) is 13.1 Å². The van der Waals surface area contributed by atoms with E-state index in [-0.39, 0.29) is 5.82 Å². The minimum absolute atomic E-state index is 0.201. The number of thiophene rings is 1. The summed E-state index contributed by atoms with van der Waals surface area (Å²) in [5, 5.41) is 15.6. The molecule has 2 heterocycles. The van der Waals surface area contributed by atoms with E-state index in [1.54, 1.807) is 17.4 Å². The first-order valence-corrected chi connectivity index (χ1v) is 9.10. The third-order valence-electron chi connectivity index (χ3n) is 4.45. The number of benzene rings is 2. The van der Waals surface area contributed by atoms with Crippen LogP contribution < -0.4 is 5.32 Å². The summed E-state index contributed by atoms with van der Waals surface area (Å²) in [4.78, 5) is 4.43. The number of nitrogens with one attached hydrogen (secondary N) is 1. The smallest absolute Gasteiger partial charge is 0.128 e. The van der Waals surface area contributed by atoms with Gasteiger partial charge in [0.15, 0.2) is 0 Å². The highest BCUT2D eigenvalue weighted by atomic mass is 32.1. The Morgan fingerprint density at radius 3 is 2.96 bits per heavy atom. The van der Waals surface area contributed by atoms with Gasteiger partial charge in [-0.3, -0.25) is 4.99 Å². The Balaban J connectivity index is 1.69. The van der Waals surface area contributed by atoms with E-state index in [0.717, 1.165) is 35.4 Å². The van der Waals surface area contributed by atoms with E-state index in [0.29, 0.717) is 24.0 Å². The Hall–Kier alpha value is -2.71. The second kappa shape index (κ2) is 6.66. The fourth-order valence-corrected chi connectivity index (χ4v) is 4.21. The Bertz CT molecular complexity index is 1010. The van der Waals surface area contributed by atoms with E-state index in [9.17, 15) is 9.65 Å². The summed E-state index contributed by atoms with van der Waals surface area (Å²) >= 11 is 1.66. The van der Waals surface area contributed by atoms with Crippen molar-refractivity contribution in [1.29, 1.82) is 5.26 Å². The average molecular weight is 349 g/mol. The van der Waals surface area contributed by atoms with Crippen LogP contribution in [0.3, 0.4) is 0 Å². The van der Waals surface area contributed by atoms with Crippen molar-refractivity contribution in [3.63, 3.8) is 0 Å². The van der Waals surface area contributed by atoms with E-state index in [4.69, 9.17) is 0 Å². The van der Waals surface area contributed by atoms with Crippen molar-refractivity contribution in [2.24, 2.45) is 4.99 Å². The molecule has 25 heavy (non-hydrogen) atoms. The van der Waals surface area contributed by atoms with Crippen molar-refractivity contribution in [3.05, 3.63) is 69.8 Å². The molecule has 0 unspecified atom stereocenters. The lowest BCUT2D eigenvalue weighted by Gasteiger charge is -2.12. The maximum Gasteiger partial charge on any atom is 0.128 e. The number of hydrogen-bond donors (Lipinski definition) is 1. The highest BCUT2D eigenvalue weighted by Gasteiger charge is 2.16. The fraction of sp³-hybridized carbons (Fsp3) is 0.200. The predicted octanol–water partition coefficient (Wildman–Crippen LogP) is 4.05. The van der Waals surface area contributed by atoms with E-state index in [1.807, 2.05) is 29.6 Å². The molecule has 0 amide bonds. The van der Waals surface area contributed by atoms with Crippen LogP contribution in [-0.2, 0) is 12.8 Å². The van der Waals surface area contributed by atoms with Crippen molar-refractivity contribution in [3.8, 4) is 6.07 Å². The summed E-state index contributed by atoms with van der Waals surface area (Å²) in [6.07, 6.45) is 1.26. The third kappa shape index (κ3) is 3.01. The summed E-state index contributed by atoms with van der Waals surface area (Å²) in [7, 11) is 0. The first-order chi connectivity index (χ1) is 12.3. The lowest BCUT2D eigenvalue weighted by Crippen LogP contribution is -2.21. The molecule has 3 nitrogen and oxygen atoms in total. The molecule has 4 rings (SSSR count). The van der Waals surface area contributed by atoms with Crippen LogP contribution in [-0.4, -0.2) is 18.9 Å². The van der Waals surface area contributed by atoms with Gasteiger partial charge in [0, 0.05) is 16.8 Å². The van der Waals surface area contributed by atoms with Crippen LogP contribution >= 0.6 is 11.3 Å². The zero-order chi connectivity index (χ0) is 17.2. The van der Waals surface area contributed by atoms with Gasteiger partial charge < -0.3 is 5.32 Å². The number of aryl methyl sites for hydroxylation is 1. The molecule has 2 aromatic carbocycles. The van der Waals surface area contributed by atoms with Crippen molar-refractivity contribution in [2.45, 2.75) is 12.8 Å². The molecular weight excluding hydrogens is 333 g/mol. The summed E-state index contributed by atoms with van der Waals surface area (Å²) in [5.41, 5.74) is 3.27. The Morgan fingerprint density at radius 2 is 2.16 bits per heavy atom. The Labute approximate surface area is 149 Å². The number of aliphatic imine (C=N–C) groups is 1. The third-order valence-corrected chi connectivity index (χ3v) is 5.46. The van der Waals surface area contributed by atoms with Crippen molar-refractivity contribution in [1.82, 2.24) is 5.32 Å². The van der Waals surface area contributed by atoms with Gasteiger partial charge in [0.05, 0.1) is 18.2 Å². The average Bonchev–Trinajstić information content (AvgIpc) is 3.31. The summed E-state index contributed by atoms with van der Waals surface area (Å²) in [6, 6.07) is 13.2. The second-order valence-electron chi connectivity index (χ2n) is 6.01. The Morgan fingerprint density at radius 1 is 1.24 bits per heavy atom. The highest BCUT2D eigenvalue weighted by Crippen LogP contribution is 2.28. The first kappa shape index (κ1) is 15.8. The molecule has 0 aliphatic carbocycles. The van der Waals surface area contributed by atoms with Gasteiger partial charge in [-0.25, -0.2) is 4.39 Å². The summed E-state index contributed by atoms with van der Waals surface area (Å²) < 4.78 is 15.6. The summed E-state index contributed by atoms with van der Waals surface area (Å²) in [5.74, 6) is 0.578. The minimum Gasteiger partial charge on any atom is -0.368 e. The van der Waals surface area contributed by atoms with Crippen LogP contribution in [0.1, 0.15) is 22.3 Å². The number of fused-ring (bicyclic) bond motifs is 1. The van der Waals surface area contributed by atoms with Crippen LogP contribution in [0, 0.1) is 17.1 Å². The van der Waals surface area contributed by atoms with Crippen LogP contribution in [0.5, 0.6) is 0 Å². The quantitative estimate of drug-likeness (QED) is 0.772. The normalized spacial score (nSPS) is 13.5. The molecule has 0 fully saturated rings. The van der Waals surface area contributed by atoms with Crippen molar-refractivity contribution < 1.29 is 4.39 Å². The molecule has 0 saturated heterocycles. The number of hydrogen-bond acceptors (Lipinski definition) is 4. The maximum atomic E-state index is 14.5. The van der Waals surface area contributed by atoms with E-state index in [2.05, 4.69) is 16.4 Å². The van der Waals surface area contributed by atoms with Gasteiger partial charge in [0.1, 0.15) is 11.7 Å². The molecule has 124 valence electrons. The zero-order valence-electron chi connectivity index (χ0n) is 13.6. The number of nitrogens with zero attached hydrogens (tertiary/aromatic N) is 2. The molecule has 3 aromatic rings. The molecule has 5 heteroatoms. The number of nitriles is 1. The summed E-state index contributed by atoms with van der Waals surface area (Å²) in [6.45, 7) is 1.52. The van der Waals surface area contributed by atoms with Gasteiger partial charge in [-0.1, -0.05) is 12.1 Å².